The fraction of sp³-hybridized carbons (Fsp3) is 0.682. The van der Waals surface area contributed by atoms with Crippen molar-refractivity contribution in [2.75, 3.05) is 13.1 Å². The molecule has 0 atom stereocenters. The van der Waals surface area contributed by atoms with Crippen molar-refractivity contribution in [2.24, 2.45) is 0 Å². The summed E-state index contributed by atoms with van der Waals surface area (Å²) in [6, 6.07) is 9.37. The molecule has 0 unspecified atom stereocenters. The predicted molar refractivity (Wildman–Crippen MR) is 107 cm³/mol. The molecular formula is C22H35N3O. The van der Waals surface area contributed by atoms with Crippen LogP contribution in [-0.4, -0.2) is 36.1 Å². The smallest absolute Gasteiger partial charge is 0.315 e. The maximum absolute atomic E-state index is 12.4. The third-order valence-corrected chi connectivity index (χ3v) is 6.02. The second kappa shape index (κ2) is 9.96. The SMILES string of the molecule is Cc1ccccc1CN1CCC(NC(=O)NC2CCCCCCC2)CC1. The Morgan fingerprint density at radius 1 is 0.923 bits per heavy atom. The number of benzene rings is 1. The number of hydrogen-bond acceptors (Lipinski definition) is 2. The van der Waals surface area contributed by atoms with Gasteiger partial charge in [0.1, 0.15) is 0 Å². The summed E-state index contributed by atoms with van der Waals surface area (Å²) in [5.74, 6) is 0. The summed E-state index contributed by atoms with van der Waals surface area (Å²) in [5.41, 5.74) is 2.78. The van der Waals surface area contributed by atoms with Crippen LogP contribution in [0.3, 0.4) is 0 Å². The van der Waals surface area contributed by atoms with E-state index in [0.717, 1.165) is 45.3 Å². The number of nitrogens with zero attached hydrogens (tertiary/aromatic N) is 1. The zero-order valence-electron chi connectivity index (χ0n) is 16.3. The van der Waals surface area contributed by atoms with E-state index >= 15 is 0 Å². The number of carbonyl (C=O) groups excluding carboxylic acids is 1. The first-order valence-electron chi connectivity index (χ1n) is 10.5. The number of likely N-dealkylation sites (tertiary alicyclic amines) is 1. The van der Waals surface area contributed by atoms with E-state index in [9.17, 15) is 4.79 Å². The zero-order valence-corrected chi connectivity index (χ0v) is 16.3. The molecule has 4 heteroatoms. The topological polar surface area (TPSA) is 44.4 Å². The molecule has 144 valence electrons. The van der Waals surface area contributed by atoms with E-state index < -0.39 is 0 Å². The van der Waals surface area contributed by atoms with E-state index in [4.69, 9.17) is 0 Å². The molecule has 0 spiro atoms. The number of rotatable bonds is 4. The Hall–Kier alpha value is -1.55. The van der Waals surface area contributed by atoms with Gasteiger partial charge < -0.3 is 10.6 Å². The Morgan fingerprint density at radius 3 is 2.15 bits per heavy atom. The minimum Gasteiger partial charge on any atom is -0.335 e. The number of piperidine rings is 1. The summed E-state index contributed by atoms with van der Waals surface area (Å²) < 4.78 is 0. The first kappa shape index (κ1) is 19.2. The number of hydrogen-bond donors (Lipinski definition) is 2. The first-order valence-corrected chi connectivity index (χ1v) is 10.5. The van der Waals surface area contributed by atoms with Crippen molar-refractivity contribution < 1.29 is 4.79 Å². The van der Waals surface area contributed by atoms with Crippen LogP contribution in [0, 0.1) is 6.92 Å². The third kappa shape index (κ3) is 6.01. The number of nitrogens with one attached hydrogen (secondary N) is 2. The van der Waals surface area contributed by atoms with Gasteiger partial charge in [0.2, 0.25) is 0 Å². The summed E-state index contributed by atoms with van der Waals surface area (Å²) in [4.78, 5) is 14.9. The maximum Gasteiger partial charge on any atom is 0.315 e. The monoisotopic (exact) mass is 357 g/mol. The molecule has 4 nitrogen and oxygen atoms in total. The lowest BCUT2D eigenvalue weighted by molar-refractivity contribution is 0.184. The van der Waals surface area contributed by atoms with Crippen LogP contribution < -0.4 is 10.6 Å². The first-order chi connectivity index (χ1) is 12.7. The van der Waals surface area contributed by atoms with Gasteiger partial charge in [-0.25, -0.2) is 4.79 Å². The average molecular weight is 358 g/mol. The van der Waals surface area contributed by atoms with Gasteiger partial charge in [-0.05, 0) is 43.7 Å². The van der Waals surface area contributed by atoms with Crippen LogP contribution >= 0.6 is 0 Å². The van der Waals surface area contributed by atoms with E-state index in [-0.39, 0.29) is 6.03 Å². The summed E-state index contributed by atoms with van der Waals surface area (Å²) in [5, 5.41) is 6.45. The third-order valence-electron chi connectivity index (χ3n) is 6.02. The lowest BCUT2D eigenvalue weighted by Gasteiger charge is -2.33. The highest BCUT2D eigenvalue weighted by atomic mass is 16.2. The lowest BCUT2D eigenvalue weighted by atomic mass is 9.97. The molecule has 0 bridgehead atoms. The molecule has 3 rings (SSSR count). The largest absolute Gasteiger partial charge is 0.335 e. The summed E-state index contributed by atoms with van der Waals surface area (Å²) in [6.45, 7) is 5.32. The molecule has 1 aliphatic heterocycles. The molecule has 1 aromatic carbocycles. The Bertz CT molecular complexity index is 558. The standard InChI is InChI=1S/C22H35N3O/c1-18-9-7-8-10-19(18)17-25-15-13-21(14-16-25)24-22(26)23-20-11-5-3-2-4-6-12-20/h7-10,20-21H,2-6,11-17H2,1H3,(H2,23,24,26). The molecule has 0 radical (unpaired) electrons. The molecule has 1 aliphatic carbocycles. The van der Waals surface area contributed by atoms with Gasteiger partial charge in [0.25, 0.3) is 0 Å². The summed E-state index contributed by atoms with van der Waals surface area (Å²) in [7, 11) is 0. The fourth-order valence-electron chi connectivity index (χ4n) is 4.28. The van der Waals surface area contributed by atoms with E-state index in [1.807, 2.05) is 0 Å². The predicted octanol–water partition coefficient (Wildman–Crippen LogP) is 4.37. The highest BCUT2D eigenvalue weighted by Crippen LogP contribution is 2.18. The molecule has 0 aromatic heterocycles. The van der Waals surface area contributed by atoms with Crippen LogP contribution in [0.5, 0.6) is 0 Å². The van der Waals surface area contributed by atoms with E-state index in [1.54, 1.807) is 0 Å². The van der Waals surface area contributed by atoms with Gasteiger partial charge in [-0.3, -0.25) is 4.90 Å². The summed E-state index contributed by atoms with van der Waals surface area (Å²) in [6.07, 6.45) is 10.9. The normalized spacial score (nSPS) is 21.0. The van der Waals surface area contributed by atoms with Crippen molar-refractivity contribution in [1.29, 1.82) is 0 Å². The van der Waals surface area contributed by atoms with Crippen LogP contribution in [0.1, 0.15) is 68.9 Å². The van der Waals surface area contributed by atoms with Gasteiger partial charge in [0, 0.05) is 31.7 Å². The van der Waals surface area contributed by atoms with Gasteiger partial charge in [-0.1, -0.05) is 56.4 Å². The molecule has 1 heterocycles. The van der Waals surface area contributed by atoms with Crippen LogP contribution in [-0.2, 0) is 6.54 Å². The van der Waals surface area contributed by atoms with Crippen molar-refractivity contribution in [3.8, 4) is 0 Å². The van der Waals surface area contributed by atoms with Gasteiger partial charge in [0.05, 0.1) is 0 Å². The number of amides is 2. The van der Waals surface area contributed by atoms with Crippen LogP contribution in [0.15, 0.2) is 24.3 Å². The van der Waals surface area contributed by atoms with Crippen LogP contribution in [0.4, 0.5) is 4.79 Å². The van der Waals surface area contributed by atoms with Gasteiger partial charge in [-0.2, -0.15) is 0 Å². The zero-order chi connectivity index (χ0) is 18.2. The highest BCUT2D eigenvalue weighted by Gasteiger charge is 2.22. The minimum atomic E-state index is 0.0490. The lowest BCUT2D eigenvalue weighted by Crippen LogP contribution is -2.50. The van der Waals surface area contributed by atoms with Crippen LogP contribution in [0.2, 0.25) is 0 Å². The number of urea groups is 1. The molecule has 26 heavy (non-hydrogen) atoms. The quantitative estimate of drug-likeness (QED) is 0.840. The van der Waals surface area contributed by atoms with E-state index in [2.05, 4.69) is 46.7 Å². The Labute approximate surface area is 158 Å². The second-order valence-electron chi connectivity index (χ2n) is 8.14. The molecular weight excluding hydrogens is 322 g/mol. The van der Waals surface area contributed by atoms with Gasteiger partial charge in [-0.15, -0.1) is 0 Å². The number of carbonyl (C=O) groups is 1. The van der Waals surface area contributed by atoms with E-state index in [1.165, 1.54) is 43.2 Å². The van der Waals surface area contributed by atoms with Crippen molar-refractivity contribution in [2.45, 2.75) is 83.3 Å². The maximum atomic E-state index is 12.4. The molecule has 2 fully saturated rings. The molecule has 2 N–H and O–H groups in total. The highest BCUT2D eigenvalue weighted by molar-refractivity contribution is 5.74. The molecule has 1 aromatic rings. The van der Waals surface area contributed by atoms with Crippen molar-refractivity contribution in [1.82, 2.24) is 15.5 Å². The van der Waals surface area contributed by atoms with Crippen molar-refractivity contribution in [3.63, 3.8) is 0 Å². The van der Waals surface area contributed by atoms with Crippen molar-refractivity contribution in [3.05, 3.63) is 35.4 Å². The van der Waals surface area contributed by atoms with E-state index in [0.29, 0.717) is 12.1 Å². The van der Waals surface area contributed by atoms with Gasteiger partial charge >= 0.3 is 6.03 Å². The average Bonchev–Trinajstić information content (AvgIpc) is 2.61. The Kier molecular flexibility index (Phi) is 7.36. The van der Waals surface area contributed by atoms with Crippen molar-refractivity contribution >= 4 is 6.03 Å². The number of aryl methyl sites for hydroxylation is 1. The Balaban J connectivity index is 1.38. The minimum absolute atomic E-state index is 0.0490. The second-order valence-corrected chi connectivity index (χ2v) is 8.14. The summed E-state index contributed by atoms with van der Waals surface area (Å²) >= 11 is 0. The molecule has 2 amide bonds. The fourth-order valence-corrected chi connectivity index (χ4v) is 4.28. The van der Waals surface area contributed by atoms with Gasteiger partial charge in [0.15, 0.2) is 0 Å². The molecule has 1 saturated carbocycles. The molecule has 1 saturated heterocycles. The van der Waals surface area contributed by atoms with Crippen LogP contribution in [0.25, 0.3) is 0 Å². The Morgan fingerprint density at radius 2 is 1.50 bits per heavy atom. The molecule has 2 aliphatic rings.